The molecule has 0 aromatic carbocycles. The molecule has 0 spiro atoms. The van der Waals surface area contributed by atoms with E-state index in [9.17, 15) is 0 Å². The van der Waals surface area contributed by atoms with Crippen LogP contribution in [0.2, 0.25) is 0 Å². The third-order valence-electron chi connectivity index (χ3n) is 4.57. The summed E-state index contributed by atoms with van der Waals surface area (Å²) in [6.45, 7) is 10.1. The largest absolute Gasteiger partial charge is 0.375 e. The molecule has 3 atom stereocenters. The molecule has 1 heteroatoms. The molecule has 13 heavy (non-hydrogen) atoms. The summed E-state index contributed by atoms with van der Waals surface area (Å²) in [7, 11) is 0. The fourth-order valence-corrected chi connectivity index (χ4v) is 3.51. The minimum atomic E-state index is 0.221. The van der Waals surface area contributed by atoms with E-state index in [1.54, 1.807) is 0 Å². The van der Waals surface area contributed by atoms with Gasteiger partial charge in [-0.05, 0) is 50.4 Å². The van der Waals surface area contributed by atoms with Crippen LogP contribution in [0.1, 0.15) is 47.0 Å². The van der Waals surface area contributed by atoms with Crippen LogP contribution in [0.5, 0.6) is 0 Å². The summed E-state index contributed by atoms with van der Waals surface area (Å²) in [6, 6.07) is 0. The highest BCUT2D eigenvalue weighted by atomic mass is 16.5. The van der Waals surface area contributed by atoms with Gasteiger partial charge >= 0.3 is 0 Å². The minimum Gasteiger partial charge on any atom is -0.375 e. The molecule has 0 amide bonds. The van der Waals surface area contributed by atoms with E-state index in [0.29, 0.717) is 5.41 Å². The predicted octanol–water partition coefficient (Wildman–Crippen LogP) is 3.24. The lowest BCUT2D eigenvalue weighted by Crippen LogP contribution is -2.29. The molecule has 0 aromatic heterocycles. The normalized spacial score (nSPS) is 48.2. The topological polar surface area (TPSA) is 9.23 Å². The summed E-state index contributed by atoms with van der Waals surface area (Å²) >= 11 is 0. The summed E-state index contributed by atoms with van der Waals surface area (Å²) in [6.07, 6.45) is 4.09. The summed E-state index contributed by atoms with van der Waals surface area (Å²) in [5.41, 5.74) is 0.892. The van der Waals surface area contributed by atoms with Crippen molar-refractivity contribution in [2.75, 3.05) is 6.61 Å². The molecule has 2 fully saturated rings. The second kappa shape index (κ2) is 2.73. The van der Waals surface area contributed by atoms with Gasteiger partial charge in [0.15, 0.2) is 0 Å². The monoisotopic (exact) mass is 182 g/mol. The van der Waals surface area contributed by atoms with Gasteiger partial charge < -0.3 is 4.74 Å². The van der Waals surface area contributed by atoms with Gasteiger partial charge in [-0.2, -0.15) is 0 Å². The predicted molar refractivity (Wildman–Crippen MR) is 54.6 cm³/mol. The van der Waals surface area contributed by atoms with Gasteiger partial charge in [0.05, 0.1) is 5.60 Å². The molecule has 2 aliphatic carbocycles. The smallest absolute Gasteiger partial charge is 0.0688 e. The van der Waals surface area contributed by atoms with Crippen LogP contribution in [0, 0.1) is 17.3 Å². The summed E-state index contributed by atoms with van der Waals surface area (Å²) in [5.74, 6) is 1.71. The van der Waals surface area contributed by atoms with Crippen molar-refractivity contribution in [1.29, 1.82) is 0 Å². The van der Waals surface area contributed by atoms with Crippen molar-refractivity contribution >= 4 is 0 Å². The van der Waals surface area contributed by atoms with Gasteiger partial charge in [0.1, 0.15) is 0 Å². The van der Waals surface area contributed by atoms with E-state index >= 15 is 0 Å². The van der Waals surface area contributed by atoms with Crippen LogP contribution >= 0.6 is 0 Å². The first kappa shape index (κ1) is 9.51. The molecule has 1 nitrogen and oxygen atoms in total. The third kappa shape index (κ3) is 1.16. The average Bonchev–Trinajstić information content (AvgIpc) is 2.72. The van der Waals surface area contributed by atoms with Gasteiger partial charge in [-0.15, -0.1) is 0 Å². The van der Waals surface area contributed by atoms with E-state index in [1.165, 1.54) is 19.3 Å². The van der Waals surface area contributed by atoms with E-state index in [4.69, 9.17) is 4.74 Å². The first-order valence-electron chi connectivity index (χ1n) is 5.69. The van der Waals surface area contributed by atoms with Gasteiger partial charge in [-0.1, -0.05) is 13.8 Å². The number of rotatable bonds is 3. The van der Waals surface area contributed by atoms with Gasteiger partial charge in [0.2, 0.25) is 0 Å². The molecule has 0 aliphatic heterocycles. The summed E-state index contributed by atoms with van der Waals surface area (Å²) < 4.78 is 5.92. The fourth-order valence-electron chi connectivity index (χ4n) is 3.51. The van der Waals surface area contributed by atoms with E-state index in [1.807, 2.05) is 0 Å². The highest BCUT2D eigenvalue weighted by molar-refractivity contribution is 5.17. The van der Waals surface area contributed by atoms with Crippen molar-refractivity contribution in [1.82, 2.24) is 0 Å². The van der Waals surface area contributed by atoms with E-state index in [-0.39, 0.29) is 5.60 Å². The van der Waals surface area contributed by atoms with Crippen LogP contribution in [0.25, 0.3) is 0 Å². The molecule has 76 valence electrons. The van der Waals surface area contributed by atoms with Gasteiger partial charge in [0, 0.05) is 6.61 Å². The van der Waals surface area contributed by atoms with Gasteiger partial charge in [-0.3, -0.25) is 0 Å². The van der Waals surface area contributed by atoms with Crippen LogP contribution in [0.4, 0.5) is 0 Å². The molecule has 2 saturated carbocycles. The Balaban J connectivity index is 2.08. The van der Waals surface area contributed by atoms with Gasteiger partial charge in [-0.25, -0.2) is 0 Å². The molecule has 0 N–H and O–H groups in total. The number of hydrogen-bond acceptors (Lipinski definition) is 1. The molecular formula is C12H22O. The Morgan fingerprint density at radius 1 is 1.38 bits per heavy atom. The zero-order chi connectivity index (χ0) is 9.69. The zero-order valence-corrected chi connectivity index (χ0v) is 9.39. The maximum absolute atomic E-state index is 5.92. The van der Waals surface area contributed by atoms with Crippen molar-refractivity contribution in [3.05, 3.63) is 0 Å². The second-order valence-corrected chi connectivity index (χ2v) is 5.39. The van der Waals surface area contributed by atoms with Crippen molar-refractivity contribution in [2.24, 2.45) is 17.3 Å². The Kier molecular flexibility index (Phi) is 1.99. The first-order valence-corrected chi connectivity index (χ1v) is 5.69. The lowest BCUT2D eigenvalue weighted by molar-refractivity contribution is -0.0374. The van der Waals surface area contributed by atoms with Crippen LogP contribution < -0.4 is 0 Å². The van der Waals surface area contributed by atoms with E-state index in [0.717, 1.165) is 18.4 Å². The Morgan fingerprint density at radius 3 is 2.46 bits per heavy atom. The molecular weight excluding hydrogens is 160 g/mol. The van der Waals surface area contributed by atoms with Crippen molar-refractivity contribution in [3.8, 4) is 0 Å². The molecule has 2 aliphatic rings. The lowest BCUT2D eigenvalue weighted by Gasteiger charge is -2.25. The Bertz CT molecular complexity index is 211. The summed E-state index contributed by atoms with van der Waals surface area (Å²) in [4.78, 5) is 0. The molecule has 0 saturated heterocycles. The van der Waals surface area contributed by atoms with Gasteiger partial charge in [0.25, 0.3) is 0 Å². The van der Waals surface area contributed by atoms with Crippen LogP contribution in [-0.4, -0.2) is 12.2 Å². The lowest BCUT2D eigenvalue weighted by atomic mass is 9.90. The molecule has 0 bridgehead atoms. The second-order valence-electron chi connectivity index (χ2n) is 5.39. The first-order chi connectivity index (χ1) is 6.05. The molecule has 0 radical (unpaired) electrons. The molecule has 2 rings (SSSR count). The molecule has 3 unspecified atom stereocenters. The van der Waals surface area contributed by atoms with Crippen LogP contribution in [0.3, 0.4) is 0 Å². The Morgan fingerprint density at radius 2 is 2.08 bits per heavy atom. The minimum absolute atomic E-state index is 0.221. The Labute approximate surface area is 81.9 Å². The van der Waals surface area contributed by atoms with Crippen molar-refractivity contribution in [2.45, 2.75) is 52.6 Å². The quantitative estimate of drug-likeness (QED) is 0.651. The maximum atomic E-state index is 5.92. The number of ether oxygens (including phenoxy) is 1. The summed E-state index contributed by atoms with van der Waals surface area (Å²) in [5, 5.41) is 0. The standard InChI is InChI=1S/C12H22O/c1-5-13-11(4)6-7-12(9(2)3)8-10(11)12/h9-10H,5-8H2,1-4H3. The number of fused-ring (bicyclic) bond motifs is 1. The maximum Gasteiger partial charge on any atom is 0.0688 e. The van der Waals surface area contributed by atoms with Crippen LogP contribution in [0.15, 0.2) is 0 Å². The van der Waals surface area contributed by atoms with Crippen molar-refractivity contribution < 1.29 is 4.74 Å². The SMILES string of the molecule is CCOC1(C)CCC2(C(C)C)CC12. The zero-order valence-electron chi connectivity index (χ0n) is 9.39. The highest BCUT2D eigenvalue weighted by Crippen LogP contribution is 2.71. The number of hydrogen-bond donors (Lipinski definition) is 0. The highest BCUT2D eigenvalue weighted by Gasteiger charge is 2.67. The van der Waals surface area contributed by atoms with Crippen molar-refractivity contribution in [3.63, 3.8) is 0 Å². The third-order valence-corrected chi connectivity index (χ3v) is 4.57. The molecule has 0 heterocycles. The van der Waals surface area contributed by atoms with E-state index < -0.39 is 0 Å². The van der Waals surface area contributed by atoms with Crippen LogP contribution in [-0.2, 0) is 4.74 Å². The Hall–Kier alpha value is -0.0400. The van der Waals surface area contributed by atoms with E-state index in [2.05, 4.69) is 27.7 Å². The molecule has 0 aromatic rings. The fraction of sp³-hybridized carbons (Fsp3) is 1.00. The average molecular weight is 182 g/mol.